The molecule has 0 atom stereocenters. The zero-order chi connectivity index (χ0) is 11.2. The summed E-state index contributed by atoms with van der Waals surface area (Å²) < 4.78 is 31.6. The molecule has 0 radical (unpaired) electrons. The third-order valence-corrected chi connectivity index (χ3v) is 1.34. The van der Waals surface area contributed by atoms with E-state index in [0.717, 1.165) is 6.42 Å². The van der Waals surface area contributed by atoms with Crippen LogP contribution < -0.4 is 0 Å². The van der Waals surface area contributed by atoms with E-state index in [2.05, 4.69) is 6.92 Å². The maximum atomic E-state index is 8.85. The lowest BCUT2D eigenvalue weighted by Gasteiger charge is -1.93. The van der Waals surface area contributed by atoms with E-state index in [1.165, 1.54) is 5.56 Å². The number of aromatic hydroxyl groups is 1. The average Bonchev–Trinajstić information content (AvgIpc) is 2.03. The van der Waals surface area contributed by atoms with Gasteiger partial charge in [0.2, 0.25) is 0 Å². The fourth-order valence-corrected chi connectivity index (χ4v) is 0.732. The highest BCUT2D eigenvalue weighted by atomic mass is 32.3. The number of hydrogen-bond acceptors (Lipinski definition) is 3. The van der Waals surface area contributed by atoms with E-state index in [9.17, 15) is 0 Å². The Labute approximate surface area is 82.6 Å². The number of rotatable bonds is 1. The second kappa shape index (κ2) is 5.58. The molecule has 0 heterocycles. The topological polar surface area (TPSA) is 94.8 Å². The van der Waals surface area contributed by atoms with Gasteiger partial charge >= 0.3 is 10.4 Å². The number of phenols is 1. The van der Waals surface area contributed by atoms with Crippen LogP contribution in [0.15, 0.2) is 24.3 Å². The van der Waals surface area contributed by atoms with Gasteiger partial charge in [-0.2, -0.15) is 8.42 Å². The van der Waals surface area contributed by atoms with Crippen molar-refractivity contribution in [3.8, 4) is 5.75 Å². The van der Waals surface area contributed by atoms with Crippen LogP contribution >= 0.6 is 0 Å². The van der Waals surface area contributed by atoms with Gasteiger partial charge in [-0.25, -0.2) is 0 Å². The van der Waals surface area contributed by atoms with E-state index in [4.69, 9.17) is 22.6 Å². The van der Waals surface area contributed by atoms with Crippen molar-refractivity contribution in [1.29, 1.82) is 0 Å². The fraction of sp³-hybridized carbons (Fsp3) is 0.250. The van der Waals surface area contributed by atoms with Crippen molar-refractivity contribution in [2.45, 2.75) is 13.3 Å². The molecular formula is C8H12O5S. The Hall–Kier alpha value is -1.11. The molecule has 0 fully saturated rings. The highest BCUT2D eigenvalue weighted by Crippen LogP contribution is 2.09. The molecule has 0 unspecified atom stereocenters. The monoisotopic (exact) mass is 220 g/mol. The SMILES string of the molecule is CCc1ccc(O)cc1.O=S(=O)(O)O. The van der Waals surface area contributed by atoms with Gasteiger partial charge in [0.05, 0.1) is 0 Å². The molecule has 0 aromatic heterocycles. The van der Waals surface area contributed by atoms with Gasteiger partial charge in [0.1, 0.15) is 5.75 Å². The van der Waals surface area contributed by atoms with Crippen LogP contribution in [0.5, 0.6) is 5.75 Å². The van der Waals surface area contributed by atoms with Gasteiger partial charge in [0.25, 0.3) is 0 Å². The summed E-state index contributed by atoms with van der Waals surface area (Å²) in [6, 6.07) is 7.27. The van der Waals surface area contributed by atoms with Crippen molar-refractivity contribution in [3.05, 3.63) is 29.8 Å². The molecule has 14 heavy (non-hydrogen) atoms. The lowest BCUT2D eigenvalue weighted by atomic mass is 10.2. The summed E-state index contributed by atoms with van der Waals surface area (Å²) in [4.78, 5) is 0. The van der Waals surface area contributed by atoms with Crippen LogP contribution in [0, 0.1) is 0 Å². The van der Waals surface area contributed by atoms with E-state index in [1.54, 1.807) is 12.1 Å². The average molecular weight is 220 g/mol. The molecule has 0 bridgehead atoms. The lowest BCUT2D eigenvalue weighted by molar-refractivity contribution is 0.381. The minimum Gasteiger partial charge on any atom is -0.508 e. The fourth-order valence-electron chi connectivity index (χ4n) is 0.732. The molecule has 0 aliphatic carbocycles. The predicted octanol–water partition coefficient (Wildman–Crippen LogP) is 1.30. The molecule has 6 heteroatoms. The highest BCUT2D eigenvalue weighted by Gasteiger charge is 1.86. The predicted molar refractivity (Wildman–Crippen MR) is 51.7 cm³/mol. The number of hydrogen-bond donors (Lipinski definition) is 3. The first-order valence-electron chi connectivity index (χ1n) is 3.80. The third kappa shape index (κ3) is 8.98. The second-order valence-corrected chi connectivity index (χ2v) is 3.36. The third-order valence-electron chi connectivity index (χ3n) is 1.34. The molecule has 0 spiro atoms. The summed E-state index contributed by atoms with van der Waals surface area (Å²) >= 11 is 0. The van der Waals surface area contributed by atoms with Crippen LogP contribution in [0.1, 0.15) is 12.5 Å². The number of aryl methyl sites for hydroxylation is 1. The van der Waals surface area contributed by atoms with E-state index >= 15 is 0 Å². The van der Waals surface area contributed by atoms with Gasteiger partial charge in [-0.05, 0) is 24.1 Å². The van der Waals surface area contributed by atoms with Crippen LogP contribution in [0.2, 0.25) is 0 Å². The van der Waals surface area contributed by atoms with E-state index in [0.29, 0.717) is 5.75 Å². The van der Waals surface area contributed by atoms with Crippen molar-refractivity contribution < 1.29 is 22.6 Å². The van der Waals surface area contributed by atoms with Crippen LogP contribution in [0.3, 0.4) is 0 Å². The van der Waals surface area contributed by atoms with E-state index in [1.807, 2.05) is 12.1 Å². The quantitative estimate of drug-likeness (QED) is 0.620. The maximum Gasteiger partial charge on any atom is 0.394 e. The molecule has 0 saturated heterocycles. The normalized spacial score (nSPS) is 10.2. The maximum absolute atomic E-state index is 8.85. The molecule has 1 aromatic rings. The molecule has 80 valence electrons. The summed E-state index contributed by atoms with van der Waals surface area (Å²) in [6.07, 6.45) is 1.03. The molecule has 5 nitrogen and oxygen atoms in total. The summed E-state index contributed by atoms with van der Waals surface area (Å²) in [5, 5.41) is 8.85. The summed E-state index contributed by atoms with van der Waals surface area (Å²) in [6.45, 7) is 2.09. The summed E-state index contributed by atoms with van der Waals surface area (Å²) in [7, 11) is -4.67. The first-order chi connectivity index (χ1) is 6.33. The molecule has 0 aliphatic rings. The molecular weight excluding hydrogens is 208 g/mol. The van der Waals surface area contributed by atoms with E-state index in [-0.39, 0.29) is 0 Å². The highest BCUT2D eigenvalue weighted by molar-refractivity contribution is 7.79. The van der Waals surface area contributed by atoms with Gasteiger partial charge in [-0.3, -0.25) is 9.11 Å². The summed E-state index contributed by atoms with van der Waals surface area (Å²) in [5.41, 5.74) is 1.26. The Balaban J connectivity index is 0.000000292. The number of benzene rings is 1. The zero-order valence-corrected chi connectivity index (χ0v) is 8.40. The Kier molecular flexibility index (Phi) is 5.14. The van der Waals surface area contributed by atoms with Gasteiger partial charge in [-0.1, -0.05) is 19.1 Å². The lowest BCUT2D eigenvalue weighted by Crippen LogP contribution is -1.89. The molecule has 0 saturated carbocycles. The second-order valence-electron chi connectivity index (χ2n) is 2.47. The number of phenolic OH excluding ortho intramolecular Hbond substituents is 1. The molecule has 0 aliphatic heterocycles. The van der Waals surface area contributed by atoms with Gasteiger partial charge in [0, 0.05) is 0 Å². The van der Waals surface area contributed by atoms with Crippen LogP contribution in [0.4, 0.5) is 0 Å². The first-order valence-corrected chi connectivity index (χ1v) is 5.20. The van der Waals surface area contributed by atoms with Crippen LogP contribution in [-0.4, -0.2) is 22.6 Å². The van der Waals surface area contributed by atoms with Crippen LogP contribution in [-0.2, 0) is 16.8 Å². The first kappa shape index (κ1) is 12.9. The minimum atomic E-state index is -4.67. The van der Waals surface area contributed by atoms with Gasteiger partial charge in [0.15, 0.2) is 0 Å². The standard InChI is InChI=1S/C8H10O.H2O4S/c1-2-7-3-5-8(9)6-4-7;1-5(2,3)4/h3-6,9H,2H2,1H3;(H2,1,2,3,4). The Bertz CT molecular complexity index is 346. The molecule has 1 aromatic carbocycles. The Morgan fingerprint density at radius 2 is 1.50 bits per heavy atom. The van der Waals surface area contributed by atoms with Crippen molar-refractivity contribution >= 4 is 10.4 Å². The zero-order valence-electron chi connectivity index (χ0n) is 7.58. The molecule has 3 N–H and O–H groups in total. The van der Waals surface area contributed by atoms with Gasteiger partial charge in [-0.15, -0.1) is 0 Å². The minimum absolute atomic E-state index is 0.340. The van der Waals surface area contributed by atoms with Gasteiger partial charge < -0.3 is 5.11 Å². The van der Waals surface area contributed by atoms with Crippen molar-refractivity contribution in [3.63, 3.8) is 0 Å². The Morgan fingerprint density at radius 3 is 1.79 bits per heavy atom. The smallest absolute Gasteiger partial charge is 0.394 e. The molecule has 0 amide bonds. The molecule has 1 rings (SSSR count). The van der Waals surface area contributed by atoms with Crippen LogP contribution in [0.25, 0.3) is 0 Å². The van der Waals surface area contributed by atoms with E-state index < -0.39 is 10.4 Å². The van der Waals surface area contributed by atoms with Crippen molar-refractivity contribution in [2.75, 3.05) is 0 Å². The van der Waals surface area contributed by atoms with Crippen molar-refractivity contribution in [2.24, 2.45) is 0 Å². The summed E-state index contributed by atoms with van der Waals surface area (Å²) in [5.74, 6) is 0.340. The van der Waals surface area contributed by atoms with Crippen molar-refractivity contribution in [1.82, 2.24) is 0 Å². The largest absolute Gasteiger partial charge is 0.508 e. The Morgan fingerprint density at radius 1 is 1.14 bits per heavy atom.